The van der Waals surface area contributed by atoms with Crippen molar-refractivity contribution in [2.45, 2.75) is 31.9 Å². The molecule has 116 valence electrons. The zero-order chi connectivity index (χ0) is 15.4. The van der Waals surface area contributed by atoms with Crippen LogP contribution < -0.4 is 0 Å². The SMILES string of the molecule is C[C@H](c1ccccc1)n1cncc1C(=O)OCCOC1CC1. The van der Waals surface area contributed by atoms with Gasteiger partial charge in [0.25, 0.3) is 0 Å². The van der Waals surface area contributed by atoms with E-state index in [0.717, 1.165) is 18.4 Å². The molecule has 1 aromatic carbocycles. The minimum absolute atomic E-state index is 0.0222. The van der Waals surface area contributed by atoms with Crippen LogP contribution in [0.5, 0.6) is 0 Å². The van der Waals surface area contributed by atoms with Crippen molar-refractivity contribution in [3.8, 4) is 0 Å². The molecule has 2 aromatic rings. The fraction of sp³-hybridized carbons (Fsp3) is 0.412. The van der Waals surface area contributed by atoms with E-state index in [1.807, 2.05) is 41.8 Å². The topological polar surface area (TPSA) is 53.4 Å². The number of aromatic nitrogens is 2. The number of hydrogen-bond acceptors (Lipinski definition) is 4. The Morgan fingerprint density at radius 2 is 2.09 bits per heavy atom. The van der Waals surface area contributed by atoms with Gasteiger partial charge in [-0.05, 0) is 25.3 Å². The number of benzene rings is 1. The molecule has 1 aliphatic carbocycles. The zero-order valence-corrected chi connectivity index (χ0v) is 12.6. The number of carbonyl (C=O) groups is 1. The molecule has 0 amide bonds. The number of carbonyl (C=O) groups excluding carboxylic acids is 1. The molecule has 1 atom stereocenters. The summed E-state index contributed by atoms with van der Waals surface area (Å²) in [6.07, 6.45) is 5.82. The van der Waals surface area contributed by atoms with Gasteiger partial charge in [0.05, 0.1) is 31.3 Å². The van der Waals surface area contributed by atoms with E-state index in [1.54, 1.807) is 12.5 Å². The fourth-order valence-corrected chi connectivity index (χ4v) is 2.32. The van der Waals surface area contributed by atoms with Crippen LogP contribution in [-0.4, -0.2) is 34.8 Å². The van der Waals surface area contributed by atoms with E-state index >= 15 is 0 Å². The number of ether oxygens (including phenoxy) is 2. The first-order valence-electron chi connectivity index (χ1n) is 7.61. The van der Waals surface area contributed by atoms with Crippen LogP contribution in [0.25, 0.3) is 0 Å². The molecule has 0 saturated heterocycles. The van der Waals surface area contributed by atoms with Crippen LogP contribution in [0.15, 0.2) is 42.9 Å². The van der Waals surface area contributed by atoms with E-state index in [0.29, 0.717) is 18.4 Å². The maximum absolute atomic E-state index is 12.2. The molecule has 0 aliphatic heterocycles. The summed E-state index contributed by atoms with van der Waals surface area (Å²) in [5, 5.41) is 0. The maximum Gasteiger partial charge on any atom is 0.356 e. The van der Waals surface area contributed by atoms with Crippen LogP contribution in [-0.2, 0) is 9.47 Å². The highest BCUT2D eigenvalue weighted by Gasteiger charge is 2.22. The van der Waals surface area contributed by atoms with Crippen LogP contribution in [0.3, 0.4) is 0 Å². The molecule has 5 heteroatoms. The molecule has 1 saturated carbocycles. The highest BCUT2D eigenvalue weighted by molar-refractivity contribution is 5.87. The Hall–Kier alpha value is -2.14. The Balaban J connectivity index is 1.61. The summed E-state index contributed by atoms with van der Waals surface area (Å²) < 4.78 is 12.6. The molecule has 0 bridgehead atoms. The summed E-state index contributed by atoms with van der Waals surface area (Å²) in [7, 11) is 0. The van der Waals surface area contributed by atoms with Crippen LogP contribution in [0.2, 0.25) is 0 Å². The monoisotopic (exact) mass is 300 g/mol. The highest BCUT2D eigenvalue weighted by atomic mass is 16.6. The third-order valence-electron chi connectivity index (χ3n) is 3.77. The van der Waals surface area contributed by atoms with Gasteiger partial charge in [0.15, 0.2) is 0 Å². The quantitative estimate of drug-likeness (QED) is 0.583. The van der Waals surface area contributed by atoms with E-state index in [9.17, 15) is 4.79 Å². The third kappa shape index (κ3) is 3.54. The number of hydrogen-bond donors (Lipinski definition) is 0. The van der Waals surface area contributed by atoms with Crippen LogP contribution in [0.1, 0.15) is 41.9 Å². The number of rotatable bonds is 7. The highest BCUT2D eigenvalue weighted by Crippen LogP contribution is 2.23. The van der Waals surface area contributed by atoms with Gasteiger partial charge in [-0.3, -0.25) is 0 Å². The first-order chi connectivity index (χ1) is 10.8. The van der Waals surface area contributed by atoms with Crippen LogP contribution >= 0.6 is 0 Å². The first-order valence-corrected chi connectivity index (χ1v) is 7.61. The van der Waals surface area contributed by atoms with Crippen molar-refractivity contribution in [1.29, 1.82) is 0 Å². The Kier molecular flexibility index (Phi) is 4.53. The molecule has 22 heavy (non-hydrogen) atoms. The average Bonchev–Trinajstić information content (AvgIpc) is 3.25. The minimum Gasteiger partial charge on any atom is -0.459 e. The van der Waals surface area contributed by atoms with Gasteiger partial charge in [0.2, 0.25) is 0 Å². The molecule has 0 spiro atoms. The smallest absolute Gasteiger partial charge is 0.356 e. The average molecular weight is 300 g/mol. The summed E-state index contributed by atoms with van der Waals surface area (Å²) in [6, 6.07) is 10.0. The molecular formula is C17H20N2O3. The van der Waals surface area contributed by atoms with Gasteiger partial charge in [-0.25, -0.2) is 9.78 Å². The second-order valence-corrected chi connectivity index (χ2v) is 5.48. The van der Waals surface area contributed by atoms with Gasteiger partial charge < -0.3 is 14.0 Å². The third-order valence-corrected chi connectivity index (χ3v) is 3.77. The van der Waals surface area contributed by atoms with Crippen molar-refractivity contribution >= 4 is 5.97 Å². The largest absolute Gasteiger partial charge is 0.459 e. The molecular weight excluding hydrogens is 280 g/mol. The summed E-state index contributed by atoms with van der Waals surface area (Å²) in [5.74, 6) is -0.361. The predicted octanol–water partition coefficient (Wildman–Crippen LogP) is 2.83. The molecule has 0 unspecified atom stereocenters. The molecule has 5 nitrogen and oxygen atoms in total. The molecule has 0 radical (unpaired) electrons. The molecule has 1 aromatic heterocycles. The van der Waals surface area contributed by atoms with Crippen molar-refractivity contribution < 1.29 is 14.3 Å². The lowest BCUT2D eigenvalue weighted by Crippen LogP contribution is -2.17. The second kappa shape index (κ2) is 6.75. The van der Waals surface area contributed by atoms with Crippen molar-refractivity contribution in [2.75, 3.05) is 13.2 Å². The van der Waals surface area contributed by atoms with Gasteiger partial charge in [-0.1, -0.05) is 30.3 Å². The Morgan fingerprint density at radius 3 is 2.82 bits per heavy atom. The molecule has 1 heterocycles. The Labute approximate surface area is 129 Å². The van der Waals surface area contributed by atoms with Gasteiger partial charge >= 0.3 is 5.97 Å². The van der Waals surface area contributed by atoms with Gasteiger partial charge in [-0.2, -0.15) is 0 Å². The fourth-order valence-electron chi connectivity index (χ4n) is 2.32. The molecule has 1 aliphatic rings. The van der Waals surface area contributed by atoms with Crippen molar-refractivity contribution in [1.82, 2.24) is 9.55 Å². The van der Waals surface area contributed by atoms with E-state index in [1.165, 1.54) is 0 Å². The molecule has 1 fully saturated rings. The Bertz CT molecular complexity index is 620. The van der Waals surface area contributed by atoms with Crippen molar-refractivity contribution in [2.24, 2.45) is 0 Å². The maximum atomic E-state index is 12.2. The molecule has 3 rings (SSSR count). The lowest BCUT2D eigenvalue weighted by molar-refractivity contribution is 0.0275. The standard InChI is InChI=1S/C17H20N2O3/c1-13(14-5-3-2-4-6-14)19-12-18-11-16(19)17(20)22-10-9-21-15-7-8-15/h2-6,11-13,15H,7-10H2,1H3/t13-/m1/s1. The van der Waals surface area contributed by atoms with Crippen LogP contribution in [0, 0.1) is 0 Å². The summed E-state index contributed by atoms with van der Waals surface area (Å²) in [6.45, 7) is 2.77. The van der Waals surface area contributed by atoms with Crippen molar-refractivity contribution in [3.63, 3.8) is 0 Å². The number of esters is 1. The second-order valence-electron chi connectivity index (χ2n) is 5.48. The number of nitrogens with zero attached hydrogens (tertiary/aromatic N) is 2. The lowest BCUT2D eigenvalue weighted by atomic mass is 10.1. The summed E-state index contributed by atoms with van der Waals surface area (Å²) >= 11 is 0. The normalized spacial score (nSPS) is 15.5. The minimum atomic E-state index is -0.361. The van der Waals surface area contributed by atoms with E-state index < -0.39 is 0 Å². The lowest BCUT2D eigenvalue weighted by Gasteiger charge is -2.16. The predicted molar refractivity (Wildman–Crippen MR) is 81.7 cm³/mol. The zero-order valence-electron chi connectivity index (χ0n) is 12.6. The van der Waals surface area contributed by atoms with Gasteiger partial charge in [-0.15, -0.1) is 0 Å². The first kappa shape index (κ1) is 14.8. The van der Waals surface area contributed by atoms with Crippen LogP contribution in [0.4, 0.5) is 0 Å². The van der Waals surface area contributed by atoms with E-state index in [4.69, 9.17) is 9.47 Å². The Morgan fingerprint density at radius 1 is 1.32 bits per heavy atom. The molecule has 0 N–H and O–H groups in total. The number of imidazole rings is 1. The summed E-state index contributed by atoms with van der Waals surface area (Å²) in [4.78, 5) is 16.3. The summed E-state index contributed by atoms with van der Waals surface area (Å²) in [5.41, 5.74) is 1.58. The van der Waals surface area contributed by atoms with Gasteiger partial charge in [0.1, 0.15) is 12.3 Å². The van der Waals surface area contributed by atoms with Crippen molar-refractivity contribution in [3.05, 3.63) is 54.1 Å². The van der Waals surface area contributed by atoms with Gasteiger partial charge in [0, 0.05) is 0 Å². The van der Waals surface area contributed by atoms with E-state index in [2.05, 4.69) is 4.98 Å². The van der Waals surface area contributed by atoms with E-state index in [-0.39, 0.29) is 18.6 Å².